The van der Waals surface area contributed by atoms with Gasteiger partial charge in [-0.25, -0.2) is 8.42 Å². The molecule has 2 aromatic rings. The fraction of sp³-hybridized carbons (Fsp3) is 0.368. The van der Waals surface area contributed by atoms with Gasteiger partial charge in [-0.2, -0.15) is 0 Å². The summed E-state index contributed by atoms with van der Waals surface area (Å²) in [5, 5.41) is 1.17. The molecule has 0 saturated carbocycles. The minimum Gasteiger partial charge on any atom is -0.494 e. The Morgan fingerprint density at radius 1 is 0.962 bits per heavy atom. The Kier molecular flexibility index (Phi) is 8.61. The number of benzene rings is 2. The molecule has 0 unspecified atom stereocenters. The SMILES string of the molecule is CS(=O)(=O)Cc1ccc(OCCCCCSc2ccc(Cl)c(Cl)c2)cc1. The highest BCUT2D eigenvalue weighted by Gasteiger charge is 2.04. The van der Waals surface area contributed by atoms with Crippen molar-refractivity contribution in [3.05, 3.63) is 58.1 Å². The zero-order valence-electron chi connectivity index (χ0n) is 14.6. The first kappa shape index (κ1) is 21.4. The average Bonchev–Trinajstić information content (AvgIpc) is 2.57. The second-order valence-electron chi connectivity index (χ2n) is 6.05. The summed E-state index contributed by atoms with van der Waals surface area (Å²) in [6, 6.07) is 12.9. The van der Waals surface area contributed by atoms with E-state index in [1.807, 2.05) is 30.3 Å². The molecule has 26 heavy (non-hydrogen) atoms. The van der Waals surface area contributed by atoms with Crippen molar-refractivity contribution in [2.24, 2.45) is 0 Å². The van der Waals surface area contributed by atoms with Crippen molar-refractivity contribution in [1.29, 1.82) is 0 Å². The first-order valence-electron chi connectivity index (χ1n) is 8.31. The lowest BCUT2D eigenvalue weighted by Crippen LogP contribution is -2.01. The van der Waals surface area contributed by atoms with Gasteiger partial charge in [-0.1, -0.05) is 35.3 Å². The van der Waals surface area contributed by atoms with E-state index in [0.717, 1.165) is 41.2 Å². The molecular formula is C19H22Cl2O3S2. The average molecular weight is 433 g/mol. The maximum Gasteiger partial charge on any atom is 0.151 e. The summed E-state index contributed by atoms with van der Waals surface area (Å²) in [6.45, 7) is 0.656. The summed E-state index contributed by atoms with van der Waals surface area (Å²) in [4.78, 5) is 1.13. The van der Waals surface area contributed by atoms with Crippen LogP contribution < -0.4 is 4.74 Å². The maximum absolute atomic E-state index is 11.3. The summed E-state index contributed by atoms with van der Waals surface area (Å²) < 4.78 is 28.2. The van der Waals surface area contributed by atoms with Gasteiger partial charge in [0.1, 0.15) is 5.75 Å². The highest BCUT2D eigenvalue weighted by atomic mass is 35.5. The van der Waals surface area contributed by atoms with E-state index in [1.54, 1.807) is 23.9 Å². The van der Waals surface area contributed by atoms with Crippen LogP contribution in [0.4, 0.5) is 0 Å². The lowest BCUT2D eigenvalue weighted by molar-refractivity contribution is 0.306. The molecular weight excluding hydrogens is 411 g/mol. The number of sulfone groups is 1. The van der Waals surface area contributed by atoms with E-state index in [-0.39, 0.29) is 5.75 Å². The summed E-state index contributed by atoms with van der Waals surface area (Å²) in [5.41, 5.74) is 0.777. The van der Waals surface area contributed by atoms with Gasteiger partial charge in [-0.3, -0.25) is 0 Å². The maximum atomic E-state index is 11.3. The monoisotopic (exact) mass is 432 g/mol. The van der Waals surface area contributed by atoms with Gasteiger partial charge in [0.15, 0.2) is 9.84 Å². The van der Waals surface area contributed by atoms with Crippen LogP contribution in [0.5, 0.6) is 5.75 Å². The van der Waals surface area contributed by atoms with Crippen LogP contribution >= 0.6 is 35.0 Å². The van der Waals surface area contributed by atoms with E-state index in [1.165, 1.54) is 6.26 Å². The molecule has 142 valence electrons. The molecule has 0 atom stereocenters. The van der Waals surface area contributed by atoms with Gasteiger partial charge in [-0.05, 0) is 60.9 Å². The van der Waals surface area contributed by atoms with E-state index in [0.29, 0.717) is 16.7 Å². The molecule has 2 rings (SSSR count). The molecule has 0 aliphatic heterocycles. The van der Waals surface area contributed by atoms with E-state index in [2.05, 4.69) is 0 Å². The van der Waals surface area contributed by atoms with E-state index < -0.39 is 9.84 Å². The van der Waals surface area contributed by atoms with Gasteiger partial charge < -0.3 is 4.74 Å². The van der Waals surface area contributed by atoms with Crippen molar-refractivity contribution in [2.75, 3.05) is 18.6 Å². The standard InChI is InChI=1S/C19H22Cl2O3S2/c1-26(22,23)14-15-5-7-16(8-6-15)24-11-3-2-4-12-25-17-9-10-18(20)19(21)13-17/h5-10,13H,2-4,11-12,14H2,1H3. The number of hydrogen-bond donors (Lipinski definition) is 0. The quantitative estimate of drug-likeness (QED) is 0.347. The van der Waals surface area contributed by atoms with E-state index in [4.69, 9.17) is 27.9 Å². The lowest BCUT2D eigenvalue weighted by atomic mass is 10.2. The molecule has 3 nitrogen and oxygen atoms in total. The van der Waals surface area contributed by atoms with Crippen molar-refractivity contribution >= 4 is 44.8 Å². The largest absolute Gasteiger partial charge is 0.494 e. The van der Waals surface area contributed by atoms with Crippen LogP contribution in [0.15, 0.2) is 47.4 Å². The van der Waals surface area contributed by atoms with Crippen LogP contribution in [0.3, 0.4) is 0 Å². The van der Waals surface area contributed by atoms with Crippen LogP contribution in [0.2, 0.25) is 10.0 Å². The molecule has 0 heterocycles. The molecule has 0 radical (unpaired) electrons. The van der Waals surface area contributed by atoms with E-state index in [9.17, 15) is 8.42 Å². The number of rotatable bonds is 10. The minimum absolute atomic E-state index is 0.0593. The van der Waals surface area contributed by atoms with Crippen LogP contribution in [-0.2, 0) is 15.6 Å². The fourth-order valence-electron chi connectivity index (χ4n) is 2.31. The molecule has 0 aliphatic carbocycles. The summed E-state index contributed by atoms with van der Waals surface area (Å²) in [7, 11) is -3.00. The first-order chi connectivity index (χ1) is 12.3. The van der Waals surface area contributed by atoms with Gasteiger partial charge in [0, 0.05) is 11.2 Å². The second-order valence-corrected chi connectivity index (χ2v) is 10.2. The summed E-state index contributed by atoms with van der Waals surface area (Å²) in [6.07, 6.45) is 4.40. The molecule has 2 aromatic carbocycles. The number of unbranched alkanes of at least 4 members (excludes halogenated alkanes) is 2. The van der Waals surface area contributed by atoms with Crippen molar-refractivity contribution in [3.8, 4) is 5.75 Å². The van der Waals surface area contributed by atoms with Crippen molar-refractivity contribution in [2.45, 2.75) is 29.9 Å². The Balaban J connectivity index is 1.59. The second kappa shape index (κ2) is 10.5. The zero-order chi connectivity index (χ0) is 19.0. The fourth-order valence-corrected chi connectivity index (χ4v) is 4.42. The molecule has 0 amide bonds. The van der Waals surface area contributed by atoms with Gasteiger partial charge in [-0.15, -0.1) is 11.8 Å². The minimum atomic E-state index is -3.00. The molecule has 0 aromatic heterocycles. The third kappa shape index (κ3) is 8.21. The number of ether oxygens (including phenoxy) is 1. The molecule has 0 aliphatic rings. The van der Waals surface area contributed by atoms with Crippen LogP contribution in [0, 0.1) is 0 Å². The molecule has 0 fully saturated rings. The smallest absolute Gasteiger partial charge is 0.151 e. The Bertz CT molecular complexity index is 806. The van der Waals surface area contributed by atoms with E-state index >= 15 is 0 Å². The molecule has 7 heteroatoms. The van der Waals surface area contributed by atoms with Gasteiger partial charge in [0.2, 0.25) is 0 Å². The van der Waals surface area contributed by atoms with Crippen LogP contribution in [-0.4, -0.2) is 27.0 Å². The predicted octanol–water partition coefficient (Wildman–Crippen LogP) is 5.88. The third-order valence-corrected chi connectivity index (χ3v) is 6.25. The van der Waals surface area contributed by atoms with Gasteiger partial charge in [0.05, 0.1) is 22.4 Å². The summed E-state index contributed by atoms with van der Waals surface area (Å²) >= 11 is 13.7. The Hall–Kier alpha value is -0.880. The third-order valence-electron chi connectivity index (χ3n) is 3.57. The topological polar surface area (TPSA) is 43.4 Å². The Labute approximate surface area is 170 Å². The van der Waals surface area contributed by atoms with Crippen molar-refractivity contribution < 1.29 is 13.2 Å². The van der Waals surface area contributed by atoms with Gasteiger partial charge >= 0.3 is 0 Å². The lowest BCUT2D eigenvalue weighted by Gasteiger charge is -2.07. The molecule has 0 spiro atoms. The summed E-state index contributed by atoms with van der Waals surface area (Å²) in [5.74, 6) is 1.86. The zero-order valence-corrected chi connectivity index (χ0v) is 17.7. The normalized spacial score (nSPS) is 11.5. The Morgan fingerprint density at radius 2 is 1.69 bits per heavy atom. The molecule has 0 saturated heterocycles. The predicted molar refractivity (Wildman–Crippen MR) is 112 cm³/mol. The number of thioether (sulfide) groups is 1. The number of halogens is 2. The first-order valence-corrected chi connectivity index (χ1v) is 12.1. The molecule has 0 bridgehead atoms. The Morgan fingerprint density at radius 3 is 2.35 bits per heavy atom. The van der Waals surface area contributed by atoms with Crippen LogP contribution in [0.25, 0.3) is 0 Å². The van der Waals surface area contributed by atoms with Crippen LogP contribution in [0.1, 0.15) is 24.8 Å². The highest BCUT2D eigenvalue weighted by Crippen LogP contribution is 2.28. The number of hydrogen-bond acceptors (Lipinski definition) is 4. The van der Waals surface area contributed by atoms with Crippen molar-refractivity contribution in [1.82, 2.24) is 0 Å². The van der Waals surface area contributed by atoms with Gasteiger partial charge in [0.25, 0.3) is 0 Å². The highest BCUT2D eigenvalue weighted by molar-refractivity contribution is 7.99. The molecule has 0 N–H and O–H groups in total. The van der Waals surface area contributed by atoms with Crippen molar-refractivity contribution in [3.63, 3.8) is 0 Å².